The van der Waals surface area contributed by atoms with Crippen molar-refractivity contribution in [3.05, 3.63) is 56.9 Å². The maximum Gasteiger partial charge on any atom is 0.260 e. The molecule has 0 aromatic heterocycles. The zero-order valence-electron chi connectivity index (χ0n) is 16.8. The molecule has 5 nitrogen and oxygen atoms in total. The molecule has 156 valence electrons. The van der Waals surface area contributed by atoms with Gasteiger partial charge < -0.3 is 20.1 Å². The van der Waals surface area contributed by atoms with Crippen LogP contribution in [0.5, 0.6) is 11.5 Å². The minimum atomic E-state index is -0.236. The van der Waals surface area contributed by atoms with Gasteiger partial charge in [-0.3, -0.25) is 4.79 Å². The second-order valence-corrected chi connectivity index (χ2v) is 8.42. The van der Waals surface area contributed by atoms with Crippen molar-refractivity contribution >= 4 is 45.4 Å². The van der Waals surface area contributed by atoms with Gasteiger partial charge in [-0.25, -0.2) is 0 Å². The molecule has 0 radical (unpaired) electrons. The Labute approximate surface area is 189 Å². The fourth-order valence-electron chi connectivity index (χ4n) is 2.86. The number of nitrogens with one attached hydrogen (secondary N) is 2. The lowest BCUT2D eigenvalue weighted by molar-refractivity contribution is -0.116. The zero-order chi connectivity index (χ0) is 21.5. The summed E-state index contributed by atoms with van der Waals surface area (Å²) in [6.45, 7) is 4.66. The Kier molecular flexibility index (Phi) is 7.72. The third-order valence-corrected chi connectivity index (χ3v) is 6.07. The van der Waals surface area contributed by atoms with Gasteiger partial charge in [0.25, 0.3) is 5.91 Å². The van der Waals surface area contributed by atoms with Gasteiger partial charge in [0.05, 0.1) is 11.5 Å². The molecule has 0 unspecified atom stereocenters. The van der Waals surface area contributed by atoms with E-state index >= 15 is 0 Å². The van der Waals surface area contributed by atoms with Crippen LogP contribution in [0.3, 0.4) is 0 Å². The molecule has 1 atom stereocenters. The molecule has 1 saturated heterocycles. The highest BCUT2D eigenvalue weighted by atomic mass is 79.9. The van der Waals surface area contributed by atoms with Gasteiger partial charge in [-0.05, 0) is 54.8 Å². The third-order valence-electron chi connectivity index (χ3n) is 4.35. The maximum atomic E-state index is 12.5. The molecule has 1 aliphatic rings. The van der Waals surface area contributed by atoms with Crippen molar-refractivity contribution in [2.45, 2.75) is 25.8 Å². The molecule has 1 fully saturated rings. The van der Waals surface area contributed by atoms with Gasteiger partial charge >= 0.3 is 0 Å². The Morgan fingerprint density at radius 2 is 1.97 bits per heavy atom. The minimum Gasteiger partial charge on any atom is -0.490 e. The minimum absolute atomic E-state index is 0.125. The third kappa shape index (κ3) is 5.53. The Morgan fingerprint density at radius 1 is 1.23 bits per heavy atom. The largest absolute Gasteiger partial charge is 0.490 e. The first kappa shape index (κ1) is 22.1. The lowest BCUT2D eigenvalue weighted by Crippen LogP contribution is -2.30. The Balaban J connectivity index is 1.77. The second-order valence-electron chi connectivity index (χ2n) is 6.42. The number of thioether (sulfide) groups is 1. The number of amides is 1. The predicted octanol–water partition coefficient (Wildman–Crippen LogP) is 5.02. The van der Waals surface area contributed by atoms with E-state index in [2.05, 4.69) is 51.5 Å². The van der Waals surface area contributed by atoms with Crippen LogP contribution in [0, 0.1) is 12.3 Å². The number of ether oxygens (including phenoxy) is 2. The quantitative estimate of drug-likeness (QED) is 0.405. The first-order chi connectivity index (χ1) is 14.5. The number of hydrogen-bond donors (Lipinski definition) is 2. The van der Waals surface area contributed by atoms with Crippen molar-refractivity contribution in [3.63, 3.8) is 0 Å². The van der Waals surface area contributed by atoms with Crippen LogP contribution in [-0.2, 0) is 11.2 Å². The van der Waals surface area contributed by atoms with Crippen molar-refractivity contribution in [1.82, 2.24) is 5.32 Å². The number of hydrogen-bond acceptors (Lipinski definition) is 5. The Morgan fingerprint density at radius 3 is 2.63 bits per heavy atom. The molecular weight excluding hydrogens is 464 g/mol. The van der Waals surface area contributed by atoms with E-state index in [9.17, 15) is 4.79 Å². The molecule has 1 aliphatic heterocycles. The summed E-state index contributed by atoms with van der Waals surface area (Å²) in [5, 5.41) is 6.28. The summed E-state index contributed by atoms with van der Waals surface area (Å²) in [7, 11) is 0. The molecule has 1 amide bonds. The molecular formula is C23H23BrN2O3S. The first-order valence-electron chi connectivity index (χ1n) is 9.61. The van der Waals surface area contributed by atoms with Crippen molar-refractivity contribution in [2.24, 2.45) is 0 Å². The molecule has 0 bridgehead atoms. The number of halogens is 1. The van der Waals surface area contributed by atoms with Crippen LogP contribution in [0.1, 0.15) is 25.0 Å². The summed E-state index contributed by atoms with van der Waals surface area (Å²) in [5.74, 6) is 3.46. The molecule has 0 saturated carbocycles. The number of rotatable bonds is 8. The van der Waals surface area contributed by atoms with E-state index in [0.717, 1.165) is 22.1 Å². The van der Waals surface area contributed by atoms with E-state index in [0.29, 0.717) is 23.0 Å². The van der Waals surface area contributed by atoms with Crippen LogP contribution in [0.2, 0.25) is 0 Å². The summed E-state index contributed by atoms with van der Waals surface area (Å²) in [4.78, 5) is 13.1. The smallest absolute Gasteiger partial charge is 0.260 e. The Bertz CT molecular complexity index is 983. The molecule has 2 N–H and O–H groups in total. The van der Waals surface area contributed by atoms with Gasteiger partial charge in [0.2, 0.25) is 0 Å². The Hall–Kier alpha value is -2.56. The van der Waals surface area contributed by atoms with Crippen molar-refractivity contribution in [1.29, 1.82) is 0 Å². The number of carbonyl (C=O) groups is 1. The molecule has 7 heteroatoms. The molecule has 0 spiro atoms. The molecule has 0 aliphatic carbocycles. The van der Waals surface area contributed by atoms with Crippen LogP contribution in [0.15, 0.2) is 45.8 Å². The number of anilines is 1. The van der Waals surface area contributed by atoms with E-state index in [1.54, 1.807) is 6.07 Å². The van der Waals surface area contributed by atoms with E-state index in [1.165, 1.54) is 17.3 Å². The van der Waals surface area contributed by atoms with E-state index in [4.69, 9.17) is 15.9 Å². The first-order valence-corrected chi connectivity index (χ1v) is 11.3. The number of terminal acetylenes is 1. The van der Waals surface area contributed by atoms with Crippen LogP contribution < -0.4 is 20.1 Å². The highest BCUT2D eigenvalue weighted by Gasteiger charge is 2.27. The van der Waals surface area contributed by atoms with Crippen LogP contribution in [-0.4, -0.2) is 24.6 Å². The summed E-state index contributed by atoms with van der Waals surface area (Å²) in [6, 6.07) is 11.8. The van der Waals surface area contributed by atoms with Crippen molar-refractivity contribution < 1.29 is 14.3 Å². The fourth-order valence-corrected chi connectivity index (χ4v) is 4.27. The van der Waals surface area contributed by atoms with E-state index in [-0.39, 0.29) is 18.0 Å². The van der Waals surface area contributed by atoms with Gasteiger partial charge in [-0.1, -0.05) is 52.7 Å². The van der Waals surface area contributed by atoms with Gasteiger partial charge in [0.1, 0.15) is 6.61 Å². The van der Waals surface area contributed by atoms with Gasteiger partial charge in [0.15, 0.2) is 17.0 Å². The standard InChI is InChI=1S/C23H23BrN2O3S/c1-4-11-29-20-14-18(24)16(12-19(20)28-6-3)13-21-22(27)26-23(30-21)25-17-9-7-15(5-2)8-10-17/h1,7-10,12-14,23,25H,5-6,11H2,2-3H3,(H,26,27)/b21-13-/t23-/m0/s1. The summed E-state index contributed by atoms with van der Waals surface area (Å²) >= 11 is 4.98. The highest BCUT2D eigenvalue weighted by Crippen LogP contribution is 2.37. The number of aryl methyl sites for hydroxylation is 1. The monoisotopic (exact) mass is 486 g/mol. The average molecular weight is 487 g/mol. The number of benzene rings is 2. The normalized spacial score (nSPS) is 16.8. The SMILES string of the molecule is C#CCOc1cc(Br)c(/C=C2\S[C@@H](Nc3ccc(CC)cc3)NC2=O)cc1OCC. The number of carbonyl (C=O) groups excluding carboxylic acids is 1. The van der Waals surface area contributed by atoms with E-state index < -0.39 is 0 Å². The molecule has 30 heavy (non-hydrogen) atoms. The maximum absolute atomic E-state index is 12.5. The highest BCUT2D eigenvalue weighted by molar-refractivity contribution is 9.10. The van der Waals surface area contributed by atoms with Crippen LogP contribution in [0.4, 0.5) is 5.69 Å². The predicted molar refractivity (Wildman–Crippen MR) is 127 cm³/mol. The molecule has 2 aromatic carbocycles. The van der Waals surface area contributed by atoms with E-state index in [1.807, 2.05) is 31.2 Å². The average Bonchev–Trinajstić information content (AvgIpc) is 3.08. The summed E-state index contributed by atoms with van der Waals surface area (Å²) in [6.07, 6.45) is 8.11. The van der Waals surface area contributed by atoms with Crippen molar-refractivity contribution in [2.75, 3.05) is 18.5 Å². The van der Waals surface area contributed by atoms with Crippen LogP contribution in [0.25, 0.3) is 6.08 Å². The lowest BCUT2D eigenvalue weighted by Gasteiger charge is -2.13. The fraction of sp³-hybridized carbons (Fsp3) is 0.261. The molecule has 1 heterocycles. The zero-order valence-corrected chi connectivity index (χ0v) is 19.2. The summed E-state index contributed by atoms with van der Waals surface area (Å²) < 4.78 is 12.0. The molecule has 3 rings (SSSR count). The lowest BCUT2D eigenvalue weighted by atomic mass is 10.1. The molecule has 2 aromatic rings. The van der Waals surface area contributed by atoms with Gasteiger partial charge in [0, 0.05) is 10.2 Å². The van der Waals surface area contributed by atoms with Crippen LogP contribution >= 0.6 is 27.7 Å². The van der Waals surface area contributed by atoms with Gasteiger partial charge in [-0.2, -0.15) is 0 Å². The van der Waals surface area contributed by atoms with Gasteiger partial charge in [-0.15, -0.1) is 6.42 Å². The van der Waals surface area contributed by atoms with Crippen molar-refractivity contribution in [3.8, 4) is 23.8 Å². The second kappa shape index (κ2) is 10.5. The summed E-state index contributed by atoms with van der Waals surface area (Å²) in [5.41, 5.74) is 2.81. The topological polar surface area (TPSA) is 59.6 Å².